The van der Waals surface area contributed by atoms with Gasteiger partial charge in [0.1, 0.15) is 0 Å². The van der Waals surface area contributed by atoms with Crippen LogP contribution in [-0.4, -0.2) is 17.5 Å². The topological polar surface area (TPSA) is 70.6 Å². The summed E-state index contributed by atoms with van der Waals surface area (Å²) in [7, 11) is 0. The van der Waals surface area contributed by atoms with Gasteiger partial charge in [0.05, 0.1) is 0 Å². The van der Waals surface area contributed by atoms with Gasteiger partial charge in [0, 0.05) is 17.3 Å². The van der Waals surface area contributed by atoms with Crippen molar-refractivity contribution < 1.29 is 9.59 Å². The van der Waals surface area contributed by atoms with Crippen molar-refractivity contribution in [2.24, 2.45) is 22.9 Å². The molecule has 24 heavy (non-hydrogen) atoms. The molecule has 0 saturated heterocycles. The molecule has 130 valence electrons. The molecule has 5 nitrogen and oxygen atoms in total. The SMILES string of the molecule is Cc1ccc(NC(=O)C(=O)N/N=C2/C[C@@H](C)CC[C@@H]2C(C)C)cc1. The highest BCUT2D eigenvalue weighted by molar-refractivity contribution is 6.39. The number of anilines is 1. The highest BCUT2D eigenvalue weighted by Crippen LogP contribution is 2.31. The molecule has 1 aromatic rings. The number of hydrogen-bond acceptors (Lipinski definition) is 3. The first kappa shape index (κ1) is 18.2. The second kappa shape index (κ2) is 8.08. The molecule has 2 rings (SSSR count). The molecule has 0 spiro atoms. The van der Waals surface area contributed by atoms with Crippen LogP contribution in [0.5, 0.6) is 0 Å². The zero-order chi connectivity index (χ0) is 17.7. The van der Waals surface area contributed by atoms with Crippen LogP contribution < -0.4 is 10.7 Å². The summed E-state index contributed by atoms with van der Waals surface area (Å²) in [5, 5.41) is 6.85. The van der Waals surface area contributed by atoms with E-state index in [1.165, 1.54) is 6.42 Å². The van der Waals surface area contributed by atoms with Crippen molar-refractivity contribution >= 4 is 23.2 Å². The number of carbonyl (C=O) groups is 2. The summed E-state index contributed by atoms with van der Waals surface area (Å²) in [5.74, 6) is -0.00907. The Balaban J connectivity index is 1.96. The molecule has 5 heteroatoms. The van der Waals surface area contributed by atoms with Crippen molar-refractivity contribution in [3.8, 4) is 0 Å². The summed E-state index contributed by atoms with van der Waals surface area (Å²) < 4.78 is 0. The number of carbonyl (C=O) groups excluding carboxylic acids is 2. The van der Waals surface area contributed by atoms with Crippen molar-refractivity contribution in [3.05, 3.63) is 29.8 Å². The van der Waals surface area contributed by atoms with Crippen molar-refractivity contribution in [1.82, 2.24) is 5.43 Å². The maximum atomic E-state index is 12.0. The van der Waals surface area contributed by atoms with Gasteiger partial charge in [0.2, 0.25) is 0 Å². The normalized spacial score (nSPS) is 22.5. The molecule has 0 bridgehead atoms. The third-order valence-electron chi connectivity index (χ3n) is 4.58. The largest absolute Gasteiger partial charge is 0.329 e. The molecule has 0 aromatic heterocycles. The highest BCUT2D eigenvalue weighted by atomic mass is 16.2. The monoisotopic (exact) mass is 329 g/mol. The molecule has 2 amide bonds. The number of rotatable bonds is 3. The number of amides is 2. The van der Waals surface area contributed by atoms with Gasteiger partial charge in [-0.1, -0.05) is 38.5 Å². The van der Waals surface area contributed by atoms with Gasteiger partial charge in [0.25, 0.3) is 0 Å². The number of benzene rings is 1. The smallest absolute Gasteiger partial charge is 0.318 e. The van der Waals surface area contributed by atoms with Crippen LogP contribution in [0.3, 0.4) is 0 Å². The van der Waals surface area contributed by atoms with Crippen molar-refractivity contribution in [1.29, 1.82) is 0 Å². The van der Waals surface area contributed by atoms with Crippen LogP contribution in [-0.2, 0) is 9.59 Å². The lowest BCUT2D eigenvalue weighted by Crippen LogP contribution is -2.35. The first-order valence-electron chi connectivity index (χ1n) is 8.61. The molecule has 1 aliphatic rings. The van der Waals surface area contributed by atoms with Crippen molar-refractivity contribution in [2.45, 2.75) is 47.0 Å². The second-order valence-electron chi connectivity index (χ2n) is 7.10. The summed E-state index contributed by atoms with van der Waals surface area (Å²) in [6, 6.07) is 7.29. The van der Waals surface area contributed by atoms with Crippen LogP contribution in [0.4, 0.5) is 5.69 Å². The standard InChI is InChI=1S/C19H27N3O2/c1-12(2)16-10-7-14(4)11-17(16)21-22-19(24)18(23)20-15-8-5-13(3)6-9-15/h5-6,8-9,12,14,16H,7,10-11H2,1-4H3,(H,20,23)(H,22,24)/b21-17-/t14-,16+/m0/s1. The van der Waals surface area contributed by atoms with E-state index in [9.17, 15) is 9.59 Å². The lowest BCUT2D eigenvalue weighted by atomic mass is 9.76. The van der Waals surface area contributed by atoms with Crippen LogP contribution >= 0.6 is 0 Å². The molecular weight excluding hydrogens is 302 g/mol. The average molecular weight is 329 g/mol. The second-order valence-corrected chi connectivity index (χ2v) is 7.10. The Labute approximate surface area is 143 Å². The Hall–Kier alpha value is -2.17. The summed E-state index contributed by atoms with van der Waals surface area (Å²) in [4.78, 5) is 23.9. The van der Waals surface area contributed by atoms with E-state index in [1.807, 2.05) is 19.1 Å². The predicted molar refractivity (Wildman–Crippen MR) is 96.7 cm³/mol. The first-order chi connectivity index (χ1) is 11.4. The summed E-state index contributed by atoms with van der Waals surface area (Å²) in [5.41, 5.74) is 5.12. The van der Waals surface area contributed by atoms with Gasteiger partial charge in [-0.05, 0) is 50.2 Å². The summed E-state index contributed by atoms with van der Waals surface area (Å²) in [6.45, 7) is 8.49. The highest BCUT2D eigenvalue weighted by Gasteiger charge is 2.27. The van der Waals surface area contributed by atoms with Crippen LogP contribution in [0.2, 0.25) is 0 Å². The summed E-state index contributed by atoms with van der Waals surface area (Å²) >= 11 is 0. The molecule has 0 radical (unpaired) electrons. The number of nitrogens with one attached hydrogen (secondary N) is 2. The van der Waals surface area contributed by atoms with Crippen LogP contribution in [0.25, 0.3) is 0 Å². The zero-order valence-corrected chi connectivity index (χ0v) is 14.9. The molecule has 0 unspecified atom stereocenters. The van der Waals surface area contributed by atoms with E-state index in [2.05, 4.69) is 36.6 Å². The lowest BCUT2D eigenvalue weighted by Gasteiger charge is -2.30. The van der Waals surface area contributed by atoms with E-state index < -0.39 is 11.8 Å². The summed E-state index contributed by atoms with van der Waals surface area (Å²) in [6.07, 6.45) is 3.15. The fourth-order valence-corrected chi connectivity index (χ4v) is 3.09. The number of hydrogen-bond donors (Lipinski definition) is 2. The Kier molecular flexibility index (Phi) is 6.12. The fraction of sp³-hybridized carbons (Fsp3) is 0.526. The minimum absolute atomic E-state index is 0.377. The average Bonchev–Trinajstić information content (AvgIpc) is 2.54. The minimum Gasteiger partial charge on any atom is -0.318 e. The van der Waals surface area contributed by atoms with Crippen LogP contribution in [0.15, 0.2) is 29.4 Å². The predicted octanol–water partition coefficient (Wildman–Crippen LogP) is 3.50. The lowest BCUT2D eigenvalue weighted by molar-refractivity contribution is -0.136. The Bertz CT molecular complexity index is 620. The van der Waals surface area contributed by atoms with Gasteiger partial charge >= 0.3 is 11.8 Å². The molecule has 2 N–H and O–H groups in total. The van der Waals surface area contributed by atoms with Crippen LogP contribution in [0.1, 0.15) is 45.6 Å². The van der Waals surface area contributed by atoms with E-state index in [0.29, 0.717) is 23.4 Å². The number of aryl methyl sites for hydroxylation is 1. The maximum absolute atomic E-state index is 12.0. The maximum Gasteiger partial charge on any atom is 0.329 e. The molecule has 0 aliphatic heterocycles. The fourth-order valence-electron chi connectivity index (χ4n) is 3.09. The third kappa shape index (κ3) is 4.91. The van der Waals surface area contributed by atoms with Crippen molar-refractivity contribution in [2.75, 3.05) is 5.32 Å². The van der Waals surface area contributed by atoms with E-state index in [4.69, 9.17) is 0 Å². The van der Waals surface area contributed by atoms with E-state index in [0.717, 1.165) is 24.1 Å². The number of nitrogens with zero attached hydrogens (tertiary/aromatic N) is 1. The first-order valence-corrected chi connectivity index (χ1v) is 8.61. The minimum atomic E-state index is -0.733. The van der Waals surface area contributed by atoms with Gasteiger partial charge in [0.15, 0.2) is 0 Å². The molecule has 1 aliphatic carbocycles. The van der Waals surface area contributed by atoms with Gasteiger partial charge in [-0.2, -0.15) is 5.10 Å². The molecule has 1 saturated carbocycles. The Morgan fingerprint density at radius 2 is 1.79 bits per heavy atom. The van der Waals surface area contributed by atoms with E-state index >= 15 is 0 Å². The Morgan fingerprint density at radius 3 is 2.42 bits per heavy atom. The van der Waals surface area contributed by atoms with Crippen molar-refractivity contribution in [3.63, 3.8) is 0 Å². The quantitative estimate of drug-likeness (QED) is 0.658. The van der Waals surface area contributed by atoms with E-state index in [-0.39, 0.29) is 0 Å². The third-order valence-corrected chi connectivity index (χ3v) is 4.58. The molecule has 0 heterocycles. The molecule has 1 fully saturated rings. The van der Waals surface area contributed by atoms with Gasteiger partial charge in [-0.15, -0.1) is 0 Å². The van der Waals surface area contributed by atoms with Crippen LogP contribution in [0, 0.1) is 24.7 Å². The molecular formula is C19H27N3O2. The number of hydrazone groups is 1. The molecule has 1 aromatic carbocycles. The Morgan fingerprint density at radius 1 is 1.12 bits per heavy atom. The van der Waals surface area contributed by atoms with Gasteiger partial charge in [-0.3, -0.25) is 9.59 Å². The molecule has 2 atom stereocenters. The van der Waals surface area contributed by atoms with E-state index in [1.54, 1.807) is 12.1 Å². The van der Waals surface area contributed by atoms with Gasteiger partial charge < -0.3 is 5.32 Å². The zero-order valence-electron chi connectivity index (χ0n) is 14.9. The van der Waals surface area contributed by atoms with Gasteiger partial charge in [-0.25, -0.2) is 5.43 Å².